The first-order valence-corrected chi connectivity index (χ1v) is 9.75. The molecule has 0 aliphatic rings. The van der Waals surface area contributed by atoms with E-state index in [1.165, 1.54) is 6.07 Å². The summed E-state index contributed by atoms with van der Waals surface area (Å²) in [6.45, 7) is 0.0932. The molecule has 4 nitrogen and oxygen atoms in total. The van der Waals surface area contributed by atoms with Gasteiger partial charge in [0, 0.05) is 22.6 Å². The monoisotopic (exact) mass is 425 g/mol. The van der Waals surface area contributed by atoms with Crippen LogP contribution >= 0.6 is 23.2 Å². The van der Waals surface area contributed by atoms with Gasteiger partial charge < -0.3 is 15.3 Å². The fourth-order valence-corrected chi connectivity index (χ4v) is 3.79. The molecule has 1 aromatic heterocycles. The van der Waals surface area contributed by atoms with Crippen LogP contribution in [0.1, 0.15) is 21.7 Å². The van der Waals surface area contributed by atoms with Crippen LogP contribution in [-0.2, 0) is 6.42 Å². The van der Waals surface area contributed by atoms with Crippen molar-refractivity contribution in [3.05, 3.63) is 87.6 Å². The van der Waals surface area contributed by atoms with E-state index >= 15 is 0 Å². The van der Waals surface area contributed by atoms with Crippen LogP contribution in [0.4, 0.5) is 5.69 Å². The van der Waals surface area contributed by atoms with Crippen molar-refractivity contribution in [1.82, 2.24) is 0 Å². The fraction of sp³-hybridized carbons (Fsp3) is 0.0870. The van der Waals surface area contributed by atoms with Gasteiger partial charge in [0.25, 0.3) is 0 Å². The minimum absolute atomic E-state index is 0.0513. The van der Waals surface area contributed by atoms with Gasteiger partial charge in [0.1, 0.15) is 5.58 Å². The van der Waals surface area contributed by atoms with Crippen LogP contribution in [0.25, 0.3) is 22.1 Å². The molecule has 0 radical (unpaired) electrons. The maximum Gasteiger partial charge on any atom is 0.231 e. The van der Waals surface area contributed by atoms with Gasteiger partial charge in [0.2, 0.25) is 5.78 Å². The predicted octanol–water partition coefficient (Wildman–Crippen LogP) is 5.75. The summed E-state index contributed by atoms with van der Waals surface area (Å²) < 4.78 is 5.83. The summed E-state index contributed by atoms with van der Waals surface area (Å²) in [7, 11) is 0. The largest absolute Gasteiger partial charge is 0.450 e. The number of benzene rings is 3. The summed E-state index contributed by atoms with van der Waals surface area (Å²) in [5, 5.41) is 10.5. The van der Waals surface area contributed by atoms with E-state index in [4.69, 9.17) is 38.5 Å². The maximum absolute atomic E-state index is 12.9. The van der Waals surface area contributed by atoms with Gasteiger partial charge in [-0.3, -0.25) is 4.79 Å². The summed E-state index contributed by atoms with van der Waals surface area (Å²) in [6, 6.07) is 18.2. The average molecular weight is 426 g/mol. The third-order valence-corrected chi connectivity index (χ3v) is 5.32. The summed E-state index contributed by atoms with van der Waals surface area (Å²) in [5.41, 5.74) is 10.2. The lowest BCUT2D eigenvalue weighted by Gasteiger charge is -2.04. The molecule has 0 amide bonds. The quantitative estimate of drug-likeness (QED) is 0.398. The number of anilines is 1. The molecule has 1 heterocycles. The van der Waals surface area contributed by atoms with Crippen molar-refractivity contribution in [2.75, 3.05) is 12.3 Å². The Morgan fingerprint density at radius 2 is 1.79 bits per heavy atom. The molecule has 146 valence electrons. The van der Waals surface area contributed by atoms with Gasteiger partial charge in [0.05, 0.1) is 10.7 Å². The van der Waals surface area contributed by atoms with Gasteiger partial charge in [-0.25, -0.2) is 0 Å². The second-order valence-electron chi connectivity index (χ2n) is 6.68. The van der Waals surface area contributed by atoms with E-state index < -0.39 is 5.78 Å². The minimum Gasteiger partial charge on any atom is -0.450 e. The molecule has 0 saturated carbocycles. The lowest BCUT2D eigenvalue weighted by molar-refractivity contribution is 0.101. The number of nitrogens with two attached hydrogens (primary N) is 1. The number of nitrogen functional groups attached to an aromatic ring is 1. The first kappa shape index (κ1) is 19.5. The zero-order chi connectivity index (χ0) is 20.5. The molecule has 0 atom stereocenters. The standard InChI is InChI=1S/C23H17Cl2NO3/c24-16-5-7-17(19(25)12-16)22(28)23-21(26)18-6-4-15(11-20(18)29-23)14-3-1-2-13(10-14)8-9-27/h1-7,10-12,27H,8-9,26H2. The molecule has 0 saturated heterocycles. The van der Waals surface area contributed by atoms with Crippen molar-refractivity contribution in [1.29, 1.82) is 0 Å². The van der Waals surface area contributed by atoms with Gasteiger partial charge in [-0.1, -0.05) is 53.5 Å². The third-order valence-electron chi connectivity index (χ3n) is 4.77. The molecular weight excluding hydrogens is 409 g/mol. The second-order valence-corrected chi connectivity index (χ2v) is 7.53. The lowest BCUT2D eigenvalue weighted by atomic mass is 10.0. The zero-order valence-corrected chi connectivity index (χ0v) is 16.8. The normalized spacial score (nSPS) is 11.1. The highest BCUT2D eigenvalue weighted by Crippen LogP contribution is 2.34. The molecule has 4 rings (SSSR count). The van der Waals surface area contributed by atoms with Crippen LogP contribution in [-0.4, -0.2) is 17.5 Å². The molecule has 0 aliphatic heterocycles. The summed E-state index contributed by atoms with van der Waals surface area (Å²) in [5.74, 6) is -0.345. The molecule has 3 aromatic carbocycles. The number of fused-ring (bicyclic) bond motifs is 1. The molecule has 0 aliphatic carbocycles. The number of hydrogen-bond donors (Lipinski definition) is 2. The zero-order valence-electron chi connectivity index (χ0n) is 15.3. The number of hydrogen-bond acceptors (Lipinski definition) is 4. The van der Waals surface area contributed by atoms with Gasteiger partial charge in [-0.05, 0) is 53.4 Å². The molecule has 0 bridgehead atoms. The Morgan fingerprint density at radius 1 is 1.00 bits per heavy atom. The number of halogens is 2. The number of ketones is 1. The number of rotatable bonds is 5. The third kappa shape index (κ3) is 3.75. The van der Waals surface area contributed by atoms with Crippen LogP contribution in [0.3, 0.4) is 0 Å². The van der Waals surface area contributed by atoms with Crippen molar-refractivity contribution < 1.29 is 14.3 Å². The van der Waals surface area contributed by atoms with Gasteiger partial charge in [-0.2, -0.15) is 0 Å². The van der Waals surface area contributed by atoms with Crippen molar-refractivity contribution >= 4 is 45.6 Å². The van der Waals surface area contributed by atoms with Crippen LogP contribution < -0.4 is 5.73 Å². The highest BCUT2D eigenvalue weighted by Gasteiger charge is 2.22. The summed E-state index contributed by atoms with van der Waals surface area (Å²) in [6.07, 6.45) is 0.588. The molecule has 6 heteroatoms. The van der Waals surface area contributed by atoms with E-state index in [0.29, 0.717) is 22.4 Å². The SMILES string of the molecule is Nc1c(C(=O)c2ccc(Cl)cc2Cl)oc2cc(-c3cccc(CCO)c3)ccc12. The van der Waals surface area contributed by atoms with Crippen molar-refractivity contribution in [2.45, 2.75) is 6.42 Å². The molecule has 0 spiro atoms. The summed E-state index contributed by atoms with van der Waals surface area (Å²) >= 11 is 12.1. The first-order valence-electron chi connectivity index (χ1n) is 9.00. The highest BCUT2D eigenvalue weighted by molar-refractivity contribution is 6.37. The number of aliphatic hydroxyl groups excluding tert-OH is 1. The number of carbonyl (C=O) groups excluding carboxylic acids is 1. The number of aliphatic hydroxyl groups is 1. The highest BCUT2D eigenvalue weighted by atomic mass is 35.5. The molecule has 3 N–H and O–H groups in total. The van der Waals surface area contributed by atoms with Crippen molar-refractivity contribution in [3.63, 3.8) is 0 Å². The topological polar surface area (TPSA) is 76.5 Å². The van der Waals surface area contributed by atoms with E-state index in [-0.39, 0.29) is 28.6 Å². The first-order chi connectivity index (χ1) is 14.0. The molecule has 4 aromatic rings. The molecule has 0 unspecified atom stereocenters. The Balaban J connectivity index is 1.76. The van der Waals surface area contributed by atoms with Crippen molar-refractivity contribution in [2.24, 2.45) is 0 Å². The van der Waals surface area contributed by atoms with Gasteiger partial charge >= 0.3 is 0 Å². The van der Waals surface area contributed by atoms with Crippen LogP contribution in [0.15, 0.2) is 65.1 Å². The van der Waals surface area contributed by atoms with E-state index in [9.17, 15) is 4.79 Å². The number of furan rings is 1. The Morgan fingerprint density at radius 3 is 2.55 bits per heavy atom. The average Bonchev–Trinajstić information content (AvgIpc) is 3.04. The Labute approximate surface area is 177 Å². The van der Waals surface area contributed by atoms with Gasteiger partial charge in [0.15, 0.2) is 5.76 Å². The van der Waals surface area contributed by atoms with Crippen LogP contribution in [0, 0.1) is 0 Å². The van der Waals surface area contributed by atoms with Crippen LogP contribution in [0.5, 0.6) is 0 Å². The molecular formula is C23H17Cl2NO3. The van der Waals surface area contributed by atoms with E-state index in [0.717, 1.165) is 16.7 Å². The molecule has 29 heavy (non-hydrogen) atoms. The second kappa shape index (κ2) is 7.91. The molecule has 0 fully saturated rings. The smallest absolute Gasteiger partial charge is 0.231 e. The maximum atomic E-state index is 12.9. The van der Waals surface area contributed by atoms with Crippen LogP contribution in [0.2, 0.25) is 10.0 Å². The van der Waals surface area contributed by atoms with E-state index in [2.05, 4.69) is 0 Å². The van der Waals surface area contributed by atoms with Crippen molar-refractivity contribution in [3.8, 4) is 11.1 Å². The Hall–Kier alpha value is -2.79. The van der Waals surface area contributed by atoms with E-state index in [1.807, 2.05) is 42.5 Å². The van der Waals surface area contributed by atoms with E-state index in [1.54, 1.807) is 12.1 Å². The lowest BCUT2D eigenvalue weighted by Crippen LogP contribution is -2.03. The Bertz CT molecular complexity index is 1230. The summed E-state index contributed by atoms with van der Waals surface area (Å²) in [4.78, 5) is 12.9. The predicted molar refractivity (Wildman–Crippen MR) is 117 cm³/mol. The van der Waals surface area contributed by atoms with Gasteiger partial charge in [-0.15, -0.1) is 0 Å². The Kier molecular flexibility index (Phi) is 5.33. The number of carbonyl (C=O) groups is 1. The fourth-order valence-electron chi connectivity index (χ4n) is 3.30. The minimum atomic E-state index is -0.396.